The van der Waals surface area contributed by atoms with E-state index in [0.29, 0.717) is 12.1 Å². The highest BCUT2D eigenvalue weighted by atomic mass is 32.2. The number of rotatable bonds is 6. The highest BCUT2D eigenvalue weighted by Gasteiger charge is 2.19. The Morgan fingerprint density at radius 2 is 1.86 bits per heavy atom. The van der Waals surface area contributed by atoms with Crippen LogP contribution in [0.3, 0.4) is 0 Å². The SMILES string of the molecule is Cc1nn(Cc2ccccc2)c(C)c1C(=O)Nc1ccc(Sc2nncs2)cc1. The summed E-state index contributed by atoms with van der Waals surface area (Å²) in [5.74, 6) is -0.149. The van der Waals surface area contributed by atoms with Gasteiger partial charge in [0.2, 0.25) is 0 Å². The highest BCUT2D eigenvalue weighted by Crippen LogP contribution is 2.29. The molecule has 8 heteroatoms. The van der Waals surface area contributed by atoms with Gasteiger partial charge in [-0.25, -0.2) is 0 Å². The van der Waals surface area contributed by atoms with Crippen molar-refractivity contribution in [1.29, 1.82) is 0 Å². The van der Waals surface area contributed by atoms with Gasteiger partial charge in [0.05, 0.1) is 17.8 Å². The molecule has 0 aliphatic heterocycles. The Hall–Kier alpha value is -2.97. The van der Waals surface area contributed by atoms with Gasteiger partial charge >= 0.3 is 0 Å². The lowest BCUT2D eigenvalue weighted by Gasteiger charge is -2.08. The fourth-order valence-electron chi connectivity index (χ4n) is 3.04. The van der Waals surface area contributed by atoms with Crippen LogP contribution in [0, 0.1) is 13.8 Å². The predicted octanol–water partition coefficient (Wildman–Crippen LogP) is 4.80. The van der Waals surface area contributed by atoms with Gasteiger partial charge < -0.3 is 5.32 Å². The summed E-state index contributed by atoms with van der Waals surface area (Å²) in [6, 6.07) is 17.8. The molecule has 0 saturated heterocycles. The van der Waals surface area contributed by atoms with Gasteiger partial charge in [0, 0.05) is 16.3 Å². The van der Waals surface area contributed by atoms with Crippen LogP contribution in [-0.2, 0) is 6.54 Å². The number of hydrogen-bond donors (Lipinski definition) is 1. The van der Waals surface area contributed by atoms with Crippen LogP contribution >= 0.6 is 23.1 Å². The molecule has 0 fully saturated rings. The highest BCUT2D eigenvalue weighted by molar-refractivity contribution is 8.01. The number of aromatic nitrogens is 4. The van der Waals surface area contributed by atoms with Crippen LogP contribution in [0.1, 0.15) is 27.3 Å². The lowest BCUT2D eigenvalue weighted by Crippen LogP contribution is -2.14. The molecule has 2 aromatic carbocycles. The van der Waals surface area contributed by atoms with Crippen molar-refractivity contribution in [3.8, 4) is 0 Å². The van der Waals surface area contributed by atoms with E-state index in [1.807, 2.05) is 61.0 Å². The maximum absolute atomic E-state index is 12.9. The number of carbonyl (C=O) groups is 1. The topological polar surface area (TPSA) is 72.7 Å². The summed E-state index contributed by atoms with van der Waals surface area (Å²) in [4.78, 5) is 13.9. The Kier molecular flexibility index (Phi) is 5.73. The molecule has 0 aliphatic rings. The van der Waals surface area contributed by atoms with Crippen LogP contribution in [0.25, 0.3) is 0 Å². The summed E-state index contributed by atoms with van der Waals surface area (Å²) < 4.78 is 2.76. The van der Waals surface area contributed by atoms with E-state index >= 15 is 0 Å². The lowest BCUT2D eigenvalue weighted by atomic mass is 10.1. The standard InChI is InChI=1S/C21H19N5OS2/c1-14-19(15(2)26(25-14)12-16-6-4-3-5-7-16)20(27)23-17-8-10-18(11-9-17)29-21-24-22-13-28-21/h3-11,13H,12H2,1-2H3,(H,23,27). The number of nitrogens with zero attached hydrogens (tertiary/aromatic N) is 4. The van der Waals surface area contributed by atoms with E-state index in [1.54, 1.807) is 17.3 Å². The Balaban J connectivity index is 1.47. The number of aryl methyl sites for hydroxylation is 1. The Morgan fingerprint density at radius 3 is 2.55 bits per heavy atom. The third kappa shape index (κ3) is 4.55. The molecular formula is C21H19N5OS2. The fraction of sp³-hybridized carbons (Fsp3) is 0.143. The van der Waals surface area contributed by atoms with Crippen LogP contribution in [0.15, 0.2) is 69.3 Å². The first-order valence-corrected chi connectivity index (χ1v) is 10.7. The summed E-state index contributed by atoms with van der Waals surface area (Å²) in [5.41, 5.74) is 5.79. The number of hydrogen-bond acceptors (Lipinski definition) is 6. The Morgan fingerprint density at radius 1 is 1.10 bits per heavy atom. The molecule has 0 radical (unpaired) electrons. The maximum atomic E-state index is 12.9. The molecule has 2 aromatic heterocycles. The van der Waals surface area contributed by atoms with Crippen molar-refractivity contribution >= 4 is 34.7 Å². The summed E-state index contributed by atoms with van der Waals surface area (Å²) in [5, 5.41) is 15.4. The van der Waals surface area contributed by atoms with Crippen molar-refractivity contribution in [3.05, 3.63) is 82.6 Å². The van der Waals surface area contributed by atoms with Crippen LogP contribution in [0.2, 0.25) is 0 Å². The van der Waals surface area contributed by atoms with Gasteiger partial charge in [-0.3, -0.25) is 9.48 Å². The van der Waals surface area contributed by atoms with Gasteiger partial charge in [-0.15, -0.1) is 10.2 Å². The lowest BCUT2D eigenvalue weighted by molar-refractivity contribution is 0.102. The zero-order valence-corrected chi connectivity index (χ0v) is 17.6. The van der Waals surface area contributed by atoms with E-state index in [2.05, 4.69) is 32.7 Å². The molecule has 0 unspecified atom stereocenters. The van der Waals surface area contributed by atoms with Crippen LogP contribution < -0.4 is 5.32 Å². The average molecular weight is 422 g/mol. The number of anilines is 1. The van der Waals surface area contributed by atoms with Crippen molar-refractivity contribution in [2.24, 2.45) is 0 Å². The molecule has 0 bridgehead atoms. The number of carbonyl (C=O) groups excluding carboxylic acids is 1. The minimum absolute atomic E-state index is 0.149. The second-order valence-corrected chi connectivity index (χ2v) is 8.63. The summed E-state index contributed by atoms with van der Waals surface area (Å²) in [6.07, 6.45) is 0. The predicted molar refractivity (Wildman–Crippen MR) is 116 cm³/mol. The number of benzene rings is 2. The minimum Gasteiger partial charge on any atom is -0.322 e. The van der Waals surface area contributed by atoms with Crippen molar-refractivity contribution in [3.63, 3.8) is 0 Å². The van der Waals surface area contributed by atoms with Crippen LogP contribution in [0.4, 0.5) is 5.69 Å². The maximum Gasteiger partial charge on any atom is 0.259 e. The van der Waals surface area contributed by atoms with Crippen molar-refractivity contribution < 1.29 is 4.79 Å². The second kappa shape index (κ2) is 8.59. The van der Waals surface area contributed by atoms with Crippen molar-refractivity contribution in [1.82, 2.24) is 20.0 Å². The molecule has 0 spiro atoms. The zero-order valence-electron chi connectivity index (χ0n) is 16.0. The molecule has 0 saturated carbocycles. The Bertz CT molecular complexity index is 1110. The van der Waals surface area contributed by atoms with E-state index < -0.39 is 0 Å². The van der Waals surface area contributed by atoms with E-state index in [9.17, 15) is 4.79 Å². The zero-order chi connectivity index (χ0) is 20.2. The molecule has 6 nitrogen and oxygen atoms in total. The quantitative estimate of drug-likeness (QED) is 0.484. The first kappa shape index (κ1) is 19.4. The van der Waals surface area contributed by atoms with Gasteiger partial charge in [0.1, 0.15) is 5.51 Å². The third-order valence-electron chi connectivity index (χ3n) is 4.44. The smallest absolute Gasteiger partial charge is 0.259 e. The average Bonchev–Trinajstić information content (AvgIpc) is 3.32. The molecule has 0 atom stereocenters. The molecule has 1 N–H and O–H groups in total. The molecule has 1 amide bonds. The molecule has 4 aromatic rings. The monoisotopic (exact) mass is 421 g/mol. The normalized spacial score (nSPS) is 10.8. The molecule has 0 aliphatic carbocycles. The largest absolute Gasteiger partial charge is 0.322 e. The van der Waals surface area contributed by atoms with E-state index in [-0.39, 0.29) is 5.91 Å². The molecule has 146 valence electrons. The summed E-state index contributed by atoms with van der Waals surface area (Å²) in [7, 11) is 0. The second-order valence-electron chi connectivity index (χ2n) is 6.47. The van der Waals surface area contributed by atoms with Gasteiger partial charge in [0.25, 0.3) is 5.91 Å². The third-order valence-corrected chi connectivity index (χ3v) is 6.23. The van der Waals surface area contributed by atoms with Crippen molar-refractivity contribution in [2.45, 2.75) is 29.6 Å². The van der Waals surface area contributed by atoms with Gasteiger partial charge in [-0.1, -0.05) is 53.4 Å². The fourth-order valence-corrected chi connectivity index (χ4v) is 4.49. The number of nitrogens with one attached hydrogen (secondary N) is 1. The van der Waals surface area contributed by atoms with Gasteiger partial charge in [-0.2, -0.15) is 5.10 Å². The molecule has 2 heterocycles. The van der Waals surface area contributed by atoms with Gasteiger partial charge in [0.15, 0.2) is 4.34 Å². The molecule has 4 rings (SSSR count). The van der Waals surface area contributed by atoms with E-state index in [1.165, 1.54) is 11.3 Å². The van der Waals surface area contributed by atoms with Gasteiger partial charge in [-0.05, 0) is 43.7 Å². The van der Waals surface area contributed by atoms with Crippen LogP contribution in [0.5, 0.6) is 0 Å². The number of amides is 1. The molecular weight excluding hydrogens is 402 g/mol. The molecule has 29 heavy (non-hydrogen) atoms. The van der Waals surface area contributed by atoms with E-state index in [0.717, 1.165) is 31.9 Å². The van der Waals surface area contributed by atoms with Crippen LogP contribution in [-0.4, -0.2) is 25.9 Å². The first-order valence-electron chi connectivity index (χ1n) is 9.03. The van der Waals surface area contributed by atoms with E-state index in [4.69, 9.17) is 0 Å². The minimum atomic E-state index is -0.149. The first-order chi connectivity index (χ1) is 14.1. The summed E-state index contributed by atoms with van der Waals surface area (Å²) >= 11 is 3.04. The Labute approximate surface area is 177 Å². The van der Waals surface area contributed by atoms with Crippen molar-refractivity contribution in [2.75, 3.05) is 5.32 Å². The summed E-state index contributed by atoms with van der Waals surface area (Å²) in [6.45, 7) is 4.43.